The molecule has 1 aliphatic heterocycles. The zero-order chi connectivity index (χ0) is 27.7. The van der Waals surface area contributed by atoms with Gasteiger partial charge in [-0.2, -0.15) is 0 Å². The van der Waals surface area contributed by atoms with Crippen LogP contribution in [0.3, 0.4) is 0 Å². The van der Waals surface area contributed by atoms with Crippen molar-refractivity contribution in [3.8, 4) is 23.0 Å². The first-order valence-corrected chi connectivity index (χ1v) is 11.1. The number of aromatic hydroxyl groups is 2. The van der Waals surface area contributed by atoms with Crippen molar-refractivity contribution in [3.63, 3.8) is 0 Å². The standard InChI is InChI=1S/C26H19F2NO9/c1-3-23(33)29(11-30)38-25(34)13-5-4-12(2)14(6-13)26(35)37-24-15-7-17(27)19(31)9-21(15)36-22-10-20(32)18(28)8-16(22)24/h4-11,24,31-32H,3H2,1-2H3. The van der Waals surface area contributed by atoms with Crippen LogP contribution < -0.4 is 4.74 Å². The van der Waals surface area contributed by atoms with Crippen molar-refractivity contribution in [1.29, 1.82) is 0 Å². The number of fused-ring (bicyclic) bond motifs is 2. The Morgan fingerprint density at radius 2 is 1.55 bits per heavy atom. The van der Waals surface area contributed by atoms with E-state index in [4.69, 9.17) is 14.3 Å². The van der Waals surface area contributed by atoms with E-state index in [2.05, 4.69) is 0 Å². The molecule has 1 heterocycles. The lowest BCUT2D eigenvalue weighted by Gasteiger charge is -2.28. The highest BCUT2D eigenvalue weighted by Crippen LogP contribution is 2.48. The molecule has 38 heavy (non-hydrogen) atoms. The second-order valence-corrected chi connectivity index (χ2v) is 8.16. The minimum Gasteiger partial charge on any atom is -0.505 e. The molecule has 1 aliphatic rings. The summed E-state index contributed by atoms with van der Waals surface area (Å²) in [4.78, 5) is 53.3. The number of phenolic OH excluding ortho intramolecular Hbond substituents is 2. The van der Waals surface area contributed by atoms with Crippen molar-refractivity contribution in [2.75, 3.05) is 0 Å². The Morgan fingerprint density at radius 1 is 0.974 bits per heavy atom. The molecule has 0 radical (unpaired) electrons. The highest BCUT2D eigenvalue weighted by Gasteiger charge is 2.34. The number of imide groups is 1. The predicted octanol–water partition coefficient (Wildman–Crippen LogP) is 4.20. The summed E-state index contributed by atoms with van der Waals surface area (Å²) < 4.78 is 39.6. The molecule has 10 nitrogen and oxygen atoms in total. The number of carbonyl (C=O) groups excluding carboxylic acids is 4. The number of rotatable bonds is 5. The molecule has 3 aromatic carbocycles. The van der Waals surface area contributed by atoms with Gasteiger partial charge in [0.1, 0.15) is 11.5 Å². The van der Waals surface area contributed by atoms with Gasteiger partial charge in [0.15, 0.2) is 29.2 Å². The molecule has 0 saturated heterocycles. The molecule has 0 fully saturated rings. The first-order valence-electron chi connectivity index (χ1n) is 11.1. The van der Waals surface area contributed by atoms with Crippen molar-refractivity contribution < 1.29 is 52.5 Å². The highest BCUT2D eigenvalue weighted by atomic mass is 19.1. The number of hydrogen-bond donors (Lipinski definition) is 2. The highest BCUT2D eigenvalue weighted by molar-refractivity contribution is 5.97. The number of benzene rings is 3. The van der Waals surface area contributed by atoms with Crippen molar-refractivity contribution in [2.45, 2.75) is 26.4 Å². The fourth-order valence-electron chi connectivity index (χ4n) is 3.68. The molecule has 4 rings (SSSR count). The lowest BCUT2D eigenvalue weighted by Crippen LogP contribution is -2.31. The zero-order valence-corrected chi connectivity index (χ0v) is 19.9. The maximum Gasteiger partial charge on any atom is 0.363 e. The van der Waals surface area contributed by atoms with Crippen molar-refractivity contribution in [3.05, 3.63) is 81.9 Å². The number of esters is 1. The van der Waals surface area contributed by atoms with Gasteiger partial charge in [-0.25, -0.2) is 18.4 Å². The third kappa shape index (κ3) is 4.83. The Morgan fingerprint density at radius 3 is 2.08 bits per heavy atom. The normalized spacial score (nSPS) is 12.0. The Hall–Kier alpha value is -5.00. The average Bonchev–Trinajstić information content (AvgIpc) is 2.89. The number of carbonyl (C=O) groups is 4. The van der Waals surface area contributed by atoms with Gasteiger partial charge in [0.05, 0.1) is 11.1 Å². The number of amides is 2. The number of ether oxygens (including phenoxy) is 2. The van der Waals surface area contributed by atoms with E-state index < -0.39 is 47.1 Å². The second-order valence-electron chi connectivity index (χ2n) is 8.16. The van der Waals surface area contributed by atoms with Crippen LogP contribution in [0.4, 0.5) is 8.78 Å². The molecular formula is C26H19F2NO9. The van der Waals surface area contributed by atoms with Gasteiger partial charge in [0, 0.05) is 29.7 Å². The maximum absolute atomic E-state index is 14.2. The van der Waals surface area contributed by atoms with Crippen LogP contribution >= 0.6 is 0 Å². The fraction of sp³-hybridized carbons (Fsp3) is 0.154. The second kappa shape index (κ2) is 10.2. The van der Waals surface area contributed by atoms with Gasteiger partial charge in [-0.3, -0.25) is 9.59 Å². The quantitative estimate of drug-likeness (QED) is 0.284. The van der Waals surface area contributed by atoms with E-state index in [0.29, 0.717) is 5.56 Å². The number of hydroxylamine groups is 2. The molecule has 12 heteroatoms. The SMILES string of the molecule is CCC(=O)N(C=O)OC(=O)c1ccc(C)c(C(=O)OC2c3cc(F)c(O)cc3Oc3cc(O)c(F)cc32)c1. The number of halogens is 2. The summed E-state index contributed by atoms with van der Waals surface area (Å²) in [7, 11) is 0. The zero-order valence-electron chi connectivity index (χ0n) is 19.9. The minimum atomic E-state index is -1.44. The summed E-state index contributed by atoms with van der Waals surface area (Å²) in [6.07, 6.45) is -1.52. The van der Waals surface area contributed by atoms with E-state index in [1.54, 1.807) is 0 Å². The van der Waals surface area contributed by atoms with E-state index in [9.17, 15) is 38.2 Å². The first-order chi connectivity index (χ1) is 18.0. The van der Waals surface area contributed by atoms with E-state index >= 15 is 0 Å². The Balaban J connectivity index is 1.70. The van der Waals surface area contributed by atoms with E-state index in [0.717, 1.165) is 30.3 Å². The smallest absolute Gasteiger partial charge is 0.363 e. The Labute approximate surface area is 213 Å². The topological polar surface area (TPSA) is 140 Å². The largest absolute Gasteiger partial charge is 0.505 e. The van der Waals surface area contributed by atoms with Crippen LogP contribution in [0.5, 0.6) is 23.0 Å². The molecule has 0 spiro atoms. The van der Waals surface area contributed by atoms with Crippen LogP contribution in [-0.4, -0.2) is 39.5 Å². The number of hydrogen-bond acceptors (Lipinski definition) is 9. The first kappa shape index (κ1) is 26.1. The van der Waals surface area contributed by atoms with Gasteiger partial charge < -0.3 is 24.5 Å². The third-order valence-corrected chi connectivity index (χ3v) is 5.69. The number of nitrogens with zero attached hydrogens (tertiary/aromatic N) is 1. The van der Waals surface area contributed by atoms with Gasteiger partial charge in [-0.1, -0.05) is 13.0 Å². The van der Waals surface area contributed by atoms with Gasteiger partial charge in [0.25, 0.3) is 12.3 Å². The molecule has 0 aliphatic carbocycles. The summed E-state index contributed by atoms with van der Waals surface area (Å²) >= 11 is 0. The average molecular weight is 527 g/mol. The van der Waals surface area contributed by atoms with Crippen molar-refractivity contribution >= 4 is 24.3 Å². The molecule has 2 amide bonds. The molecule has 0 atom stereocenters. The van der Waals surface area contributed by atoms with Gasteiger partial charge in [-0.15, -0.1) is 5.06 Å². The third-order valence-electron chi connectivity index (χ3n) is 5.69. The van der Waals surface area contributed by atoms with Gasteiger partial charge >= 0.3 is 11.9 Å². The Kier molecular flexibility index (Phi) is 6.98. The van der Waals surface area contributed by atoms with Crippen molar-refractivity contribution in [1.82, 2.24) is 5.06 Å². The van der Waals surface area contributed by atoms with Crippen LogP contribution in [0.2, 0.25) is 0 Å². The van der Waals surface area contributed by atoms with Crippen LogP contribution in [0.15, 0.2) is 42.5 Å². The molecule has 0 bridgehead atoms. The molecule has 0 saturated carbocycles. The van der Waals surface area contributed by atoms with E-state index in [-0.39, 0.29) is 51.6 Å². The number of phenols is 2. The minimum absolute atomic E-state index is 0.0288. The van der Waals surface area contributed by atoms with Crippen LogP contribution in [0.25, 0.3) is 0 Å². The molecular weight excluding hydrogens is 508 g/mol. The lowest BCUT2D eigenvalue weighted by molar-refractivity contribution is -0.171. The predicted molar refractivity (Wildman–Crippen MR) is 123 cm³/mol. The summed E-state index contributed by atoms with van der Waals surface area (Å²) in [5, 5.41) is 19.7. The molecule has 196 valence electrons. The molecule has 3 aromatic rings. The summed E-state index contributed by atoms with van der Waals surface area (Å²) in [6, 6.07) is 7.38. The summed E-state index contributed by atoms with van der Waals surface area (Å²) in [6.45, 7) is 2.99. The molecule has 0 aromatic heterocycles. The number of aryl methyl sites for hydroxylation is 1. The summed E-state index contributed by atoms with van der Waals surface area (Å²) in [5.74, 6) is -6.73. The lowest BCUT2D eigenvalue weighted by atomic mass is 9.96. The van der Waals surface area contributed by atoms with E-state index in [1.807, 2.05) is 0 Å². The van der Waals surface area contributed by atoms with E-state index in [1.165, 1.54) is 26.0 Å². The Bertz CT molecular complexity index is 1430. The summed E-state index contributed by atoms with van der Waals surface area (Å²) in [5.41, 5.74) is -0.0898. The van der Waals surface area contributed by atoms with Crippen LogP contribution in [0.1, 0.15) is 56.9 Å². The molecule has 0 unspecified atom stereocenters. The monoisotopic (exact) mass is 527 g/mol. The van der Waals surface area contributed by atoms with Crippen molar-refractivity contribution in [2.24, 2.45) is 0 Å². The van der Waals surface area contributed by atoms with Gasteiger partial charge in [0.2, 0.25) is 0 Å². The fourth-order valence-corrected chi connectivity index (χ4v) is 3.68. The maximum atomic E-state index is 14.2. The molecule has 2 N–H and O–H groups in total. The van der Waals surface area contributed by atoms with Crippen LogP contribution in [-0.2, 0) is 19.2 Å². The van der Waals surface area contributed by atoms with Gasteiger partial charge in [-0.05, 0) is 36.8 Å². The van der Waals surface area contributed by atoms with Crippen LogP contribution in [0, 0.1) is 18.6 Å².